The second-order valence-corrected chi connectivity index (χ2v) is 8.76. The van der Waals surface area contributed by atoms with Crippen molar-refractivity contribution in [2.45, 2.75) is 44.1 Å². The first-order valence-corrected chi connectivity index (χ1v) is 10.2. The molecule has 0 radical (unpaired) electrons. The molecule has 27 heavy (non-hydrogen) atoms. The summed E-state index contributed by atoms with van der Waals surface area (Å²) >= 11 is 0. The number of methoxy groups -OCH3 is 2. The van der Waals surface area contributed by atoms with Crippen molar-refractivity contribution in [1.82, 2.24) is 9.97 Å². The topological polar surface area (TPSA) is 85.5 Å². The molecule has 4 bridgehead atoms. The molecule has 7 nitrogen and oxygen atoms in total. The minimum atomic E-state index is 0.179. The third kappa shape index (κ3) is 3.85. The van der Waals surface area contributed by atoms with Gasteiger partial charge in [-0.2, -0.15) is 0 Å². The van der Waals surface area contributed by atoms with Crippen LogP contribution in [-0.4, -0.2) is 56.0 Å². The van der Waals surface area contributed by atoms with Crippen LogP contribution in [0.4, 0.5) is 17.3 Å². The molecule has 7 heteroatoms. The fraction of sp³-hybridized carbons (Fsp3) is 0.800. The van der Waals surface area contributed by atoms with Crippen LogP contribution in [0.3, 0.4) is 0 Å². The highest BCUT2D eigenvalue weighted by atomic mass is 16.5. The maximum absolute atomic E-state index is 6.55. The van der Waals surface area contributed by atoms with E-state index in [1.807, 2.05) is 0 Å². The Morgan fingerprint density at radius 2 is 1.59 bits per heavy atom. The SMILES string of the molecule is COCCN(CCOC)c1ncnc(NC23CC4CC(CC(C4)C2)C3)c1N. The van der Waals surface area contributed by atoms with Crippen LogP contribution in [0.2, 0.25) is 0 Å². The van der Waals surface area contributed by atoms with Gasteiger partial charge >= 0.3 is 0 Å². The van der Waals surface area contributed by atoms with E-state index in [0.29, 0.717) is 18.9 Å². The monoisotopic (exact) mass is 375 g/mol. The predicted molar refractivity (Wildman–Crippen MR) is 107 cm³/mol. The number of hydrogen-bond donors (Lipinski definition) is 2. The Kier molecular flexibility index (Phi) is 5.41. The molecule has 0 unspecified atom stereocenters. The smallest absolute Gasteiger partial charge is 0.157 e. The minimum Gasteiger partial charge on any atom is -0.393 e. The van der Waals surface area contributed by atoms with Crippen LogP contribution in [0.25, 0.3) is 0 Å². The van der Waals surface area contributed by atoms with E-state index in [1.165, 1.54) is 38.5 Å². The first-order valence-electron chi connectivity index (χ1n) is 10.2. The summed E-state index contributed by atoms with van der Waals surface area (Å²) in [5.41, 5.74) is 7.36. The van der Waals surface area contributed by atoms with Gasteiger partial charge in [0.2, 0.25) is 0 Å². The number of anilines is 3. The third-order valence-corrected chi connectivity index (χ3v) is 6.71. The first kappa shape index (κ1) is 18.7. The van der Waals surface area contributed by atoms with Crippen molar-refractivity contribution >= 4 is 17.3 Å². The molecule has 1 aromatic heterocycles. The average Bonchev–Trinajstić information content (AvgIpc) is 2.63. The highest BCUT2D eigenvalue weighted by molar-refractivity contribution is 5.75. The molecule has 0 saturated heterocycles. The van der Waals surface area contributed by atoms with Gasteiger partial charge in [-0.1, -0.05) is 0 Å². The molecule has 0 amide bonds. The second-order valence-electron chi connectivity index (χ2n) is 8.76. The maximum Gasteiger partial charge on any atom is 0.157 e. The lowest BCUT2D eigenvalue weighted by Gasteiger charge is -2.57. The van der Waals surface area contributed by atoms with Crippen LogP contribution in [0.15, 0.2) is 6.33 Å². The van der Waals surface area contributed by atoms with E-state index >= 15 is 0 Å². The van der Waals surface area contributed by atoms with Gasteiger partial charge in [0.05, 0.1) is 13.2 Å². The van der Waals surface area contributed by atoms with Crippen molar-refractivity contribution in [2.24, 2.45) is 17.8 Å². The molecule has 5 rings (SSSR count). The Morgan fingerprint density at radius 1 is 1.04 bits per heavy atom. The van der Waals surface area contributed by atoms with Gasteiger partial charge in [0, 0.05) is 32.8 Å². The van der Waals surface area contributed by atoms with E-state index < -0.39 is 0 Å². The average molecular weight is 376 g/mol. The van der Waals surface area contributed by atoms with Gasteiger partial charge in [-0.05, 0) is 56.3 Å². The molecular formula is C20H33N5O2. The van der Waals surface area contributed by atoms with Crippen molar-refractivity contribution in [3.63, 3.8) is 0 Å². The molecular weight excluding hydrogens is 342 g/mol. The number of nitrogens with one attached hydrogen (secondary N) is 1. The van der Waals surface area contributed by atoms with E-state index in [0.717, 1.165) is 42.5 Å². The largest absolute Gasteiger partial charge is 0.393 e. The molecule has 4 aliphatic carbocycles. The summed E-state index contributed by atoms with van der Waals surface area (Å²) in [7, 11) is 3.41. The first-order chi connectivity index (χ1) is 13.1. The molecule has 0 aliphatic heterocycles. The number of hydrogen-bond acceptors (Lipinski definition) is 7. The van der Waals surface area contributed by atoms with Gasteiger partial charge in [0.1, 0.15) is 12.0 Å². The normalized spacial score (nSPS) is 31.3. The van der Waals surface area contributed by atoms with Gasteiger partial charge < -0.3 is 25.4 Å². The maximum atomic E-state index is 6.55. The summed E-state index contributed by atoms with van der Waals surface area (Å²) in [6.45, 7) is 2.67. The lowest BCUT2D eigenvalue weighted by molar-refractivity contribution is 0.0106. The second kappa shape index (κ2) is 7.80. The molecule has 1 heterocycles. The molecule has 3 N–H and O–H groups in total. The number of aromatic nitrogens is 2. The van der Waals surface area contributed by atoms with E-state index in [-0.39, 0.29) is 5.54 Å². The quantitative estimate of drug-likeness (QED) is 0.686. The van der Waals surface area contributed by atoms with Gasteiger partial charge in [-0.25, -0.2) is 9.97 Å². The van der Waals surface area contributed by atoms with Gasteiger partial charge in [-0.15, -0.1) is 0 Å². The summed E-state index contributed by atoms with van der Waals surface area (Å²) < 4.78 is 10.5. The predicted octanol–water partition coefficient (Wildman–Crippen LogP) is 2.54. The molecule has 4 fully saturated rings. The third-order valence-electron chi connectivity index (χ3n) is 6.71. The van der Waals surface area contributed by atoms with Crippen LogP contribution in [0, 0.1) is 17.8 Å². The van der Waals surface area contributed by atoms with Crippen molar-refractivity contribution in [3.8, 4) is 0 Å². The number of nitrogen functional groups attached to an aromatic ring is 1. The fourth-order valence-electron chi connectivity index (χ4n) is 5.98. The van der Waals surface area contributed by atoms with Crippen LogP contribution >= 0.6 is 0 Å². The van der Waals surface area contributed by atoms with Crippen molar-refractivity contribution in [1.29, 1.82) is 0 Å². The molecule has 0 aromatic carbocycles. The number of nitrogens with two attached hydrogens (primary N) is 1. The Labute approximate surface area is 162 Å². The number of nitrogens with zero attached hydrogens (tertiary/aromatic N) is 3. The number of ether oxygens (including phenoxy) is 2. The molecule has 0 spiro atoms. The van der Waals surface area contributed by atoms with Crippen LogP contribution < -0.4 is 16.0 Å². The summed E-state index contributed by atoms with van der Waals surface area (Å²) in [5.74, 6) is 4.21. The molecule has 4 aliphatic rings. The summed E-state index contributed by atoms with van der Waals surface area (Å²) in [6.07, 6.45) is 9.67. The van der Waals surface area contributed by atoms with Gasteiger partial charge in [0.25, 0.3) is 0 Å². The Bertz CT molecular complexity index is 610. The van der Waals surface area contributed by atoms with Crippen LogP contribution in [0.5, 0.6) is 0 Å². The van der Waals surface area contributed by atoms with E-state index in [4.69, 9.17) is 15.2 Å². The van der Waals surface area contributed by atoms with Gasteiger partial charge in [-0.3, -0.25) is 0 Å². The number of rotatable bonds is 9. The summed E-state index contributed by atoms with van der Waals surface area (Å²) in [4.78, 5) is 11.1. The fourth-order valence-corrected chi connectivity index (χ4v) is 5.98. The summed E-state index contributed by atoms with van der Waals surface area (Å²) in [5, 5.41) is 3.80. The highest BCUT2D eigenvalue weighted by Crippen LogP contribution is 2.56. The van der Waals surface area contributed by atoms with Crippen molar-refractivity contribution in [3.05, 3.63) is 6.33 Å². The minimum absolute atomic E-state index is 0.179. The lowest BCUT2D eigenvalue weighted by Crippen LogP contribution is -2.55. The van der Waals surface area contributed by atoms with E-state index in [1.54, 1.807) is 20.5 Å². The van der Waals surface area contributed by atoms with Crippen molar-refractivity contribution in [2.75, 3.05) is 56.5 Å². The highest BCUT2D eigenvalue weighted by Gasteiger charge is 2.51. The van der Waals surface area contributed by atoms with E-state index in [2.05, 4.69) is 20.2 Å². The Balaban J connectivity index is 1.54. The van der Waals surface area contributed by atoms with Crippen LogP contribution in [-0.2, 0) is 9.47 Å². The zero-order valence-corrected chi connectivity index (χ0v) is 16.6. The zero-order valence-electron chi connectivity index (χ0n) is 16.6. The standard InChI is InChI=1S/C20H33N5O2/c1-26-5-3-25(4-6-27-2)19-17(21)18(22-13-23-19)24-20-10-14-7-15(11-20)9-16(8-14)12-20/h13-16H,3-12,21H2,1-2H3,(H,22,23,24). The Morgan fingerprint density at radius 3 is 2.11 bits per heavy atom. The molecule has 4 saturated carbocycles. The molecule has 150 valence electrons. The van der Waals surface area contributed by atoms with Crippen LogP contribution in [0.1, 0.15) is 38.5 Å². The molecule has 1 aromatic rings. The summed E-state index contributed by atoms with van der Waals surface area (Å²) in [6, 6.07) is 0. The Hall–Kier alpha value is -1.60. The van der Waals surface area contributed by atoms with Crippen molar-refractivity contribution < 1.29 is 9.47 Å². The molecule has 0 atom stereocenters. The zero-order chi connectivity index (χ0) is 18.9. The lowest BCUT2D eigenvalue weighted by atomic mass is 9.53. The van der Waals surface area contributed by atoms with Gasteiger partial charge in [0.15, 0.2) is 11.6 Å². The van der Waals surface area contributed by atoms with E-state index in [9.17, 15) is 0 Å².